The van der Waals surface area contributed by atoms with Crippen molar-refractivity contribution in [1.29, 1.82) is 5.26 Å². The van der Waals surface area contributed by atoms with E-state index in [4.69, 9.17) is 6.57 Å². The van der Waals surface area contributed by atoms with E-state index in [1.54, 1.807) is 12.1 Å². The summed E-state index contributed by atoms with van der Waals surface area (Å²) in [4.78, 5) is 3.24. The van der Waals surface area contributed by atoms with Crippen molar-refractivity contribution in [2.75, 3.05) is 0 Å². The van der Waals surface area contributed by atoms with Crippen LogP contribution in [0.3, 0.4) is 0 Å². The van der Waals surface area contributed by atoms with Crippen LogP contribution in [0.4, 0.5) is 5.69 Å². The van der Waals surface area contributed by atoms with E-state index in [1.165, 1.54) is 82.0 Å². The second-order valence-corrected chi connectivity index (χ2v) is 20.5. The highest BCUT2D eigenvalue weighted by Crippen LogP contribution is 2.44. The Morgan fingerprint density at radius 1 is 0.338 bits per heavy atom. The number of hydrogen-bond acceptors (Lipinski definition) is 3. The van der Waals surface area contributed by atoms with Gasteiger partial charge in [-0.3, -0.25) is 0 Å². The molecule has 0 radical (unpaired) electrons. The fraction of sp³-hybridized carbons (Fsp3) is 0. The van der Waals surface area contributed by atoms with Crippen molar-refractivity contribution in [3.63, 3.8) is 0 Å². The number of fused-ring (bicyclic) bond motifs is 6. The maximum atomic E-state index is 10.2. The number of hydrogen-bond donors (Lipinski definition) is 2. The molecule has 0 spiro atoms. The number of nitrogens with zero attached hydrogens (tertiary/aromatic N) is 2. The predicted molar refractivity (Wildman–Crippen MR) is 340 cm³/mol. The lowest BCUT2D eigenvalue weighted by molar-refractivity contribution is 0.426. The summed E-state index contributed by atoms with van der Waals surface area (Å²) in [5.74, 6) is 0. The Bertz CT molecular complexity index is 4570. The fourth-order valence-electron chi connectivity index (χ4n) is 11.3. The van der Waals surface area contributed by atoms with Crippen molar-refractivity contribution in [3.8, 4) is 61.7 Å². The smallest absolute Gasteiger partial charge is 0.423 e. The molecule has 80 heavy (non-hydrogen) atoms. The monoisotopic (exact) mass is 1090 g/mol. The average Bonchev–Trinajstić information content (AvgIpc) is 3.52. The van der Waals surface area contributed by atoms with Crippen LogP contribution in [0, 0.1) is 17.9 Å². The van der Waals surface area contributed by atoms with Crippen LogP contribution in [-0.2, 0) is 0 Å². The maximum Gasteiger partial charge on any atom is 0.489 e. The van der Waals surface area contributed by atoms with Gasteiger partial charge in [0.05, 0.1) is 18.2 Å². The summed E-state index contributed by atoms with van der Waals surface area (Å²) in [5, 5.41) is 43.3. The summed E-state index contributed by atoms with van der Waals surface area (Å²) in [7, 11) is -1.54. The number of benzene rings is 14. The van der Waals surface area contributed by atoms with E-state index in [2.05, 4.69) is 233 Å². The van der Waals surface area contributed by atoms with Gasteiger partial charge in [0.25, 0.3) is 0 Å². The van der Waals surface area contributed by atoms with Crippen LogP contribution in [0.15, 0.2) is 284 Å². The van der Waals surface area contributed by atoms with Crippen molar-refractivity contribution in [1.82, 2.24) is 0 Å². The summed E-state index contributed by atoms with van der Waals surface area (Å²) in [6.07, 6.45) is 0. The molecule has 14 aromatic carbocycles. The summed E-state index contributed by atoms with van der Waals surface area (Å²) < 4.78 is 1.01. The van der Waals surface area contributed by atoms with E-state index >= 15 is 0 Å². The second-order valence-electron chi connectivity index (χ2n) is 19.6. The second kappa shape index (κ2) is 22.6. The highest BCUT2D eigenvalue weighted by Gasteiger charge is 2.23. The Kier molecular flexibility index (Phi) is 14.4. The molecule has 14 rings (SSSR count). The first-order valence-electron chi connectivity index (χ1n) is 26.4. The van der Waals surface area contributed by atoms with Gasteiger partial charge in [-0.2, -0.15) is 5.26 Å². The molecule has 0 saturated heterocycles. The minimum atomic E-state index is -1.54. The van der Waals surface area contributed by atoms with Gasteiger partial charge in [0.2, 0.25) is 0 Å². The van der Waals surface area contributed by atoms with Crippen molar-refractivity contribution in [2.45, 2.75) is 0 Å². The van der Waals surface area contributed by atoms with Gasteiger partial charge in [-0.15, -0.1) is 0 Å². The van der Waals surface area contributed by atoms with Crippen molar-refractivity contribution < 1.29 is 10.0 Å². The third-order valence-electron chi connectivity index (χ3n) is 15.0. The lowest BCUT2D eigenvalue weighted by atomic mass is 9.72. The molecule has 0 unspecified atom stereocenters. The van der Waals surface area contributed by atoms with E-state index in [1.807, 2.05) is 60.7 Å². The van der Waals surface area contributed by atoms with Crippen LogP contribution in [-0.4, -0.2) is 17.2 Å². The van der Waals surface area contributed by atoms with Crippen LogP contribution in [0.2, 0.25) is 0 Å². The van der Waals surface area contributed by atoms with E-state index in [0.29, 0.717) is 16.7 Å². The molecule has 0 atom stereocenters. The van der Waals surface area contributed by atoms with Crippen LogP contribution in [0.5, 0.6) is 0 Å². The van der Waals surface area contributed by atoms with E-state index < -0.39 is 7.12 Å². The maximum absolute atomic E-state index is 10.2. The van der Waals surface area contributed by atoms with Crippen molar-refractivity contribution in [2.24, 2.45) is 0 Å². The van der Waals surface area contributed by atoms with Crippen molar-refractivity contribution >= 4 is 98.8 Å². The highest BCUT2D eigenvalue weighted by molar-refractivity contribution is 9.10. The standard InChI is InChI=1S/C37H23N.C30H21BO2.C7H4BrN/c38-24-25-16-18-28(19-17-25)36-32-11-3-5-13-34(32)37(35-14-6-4-12-33(35)36)29-22-20-27(21-23-29)31-15-7-9-26-8-1-2-10-30(26)31;32-31(33)30-27-13-5-3-11-25(27)29(26-12-4-6-14-28(26)30)22-18-16-21(17-19-22)24-15-7-9-20-8-1-2-10-23(20)24;1-9-7-4-2-6(8)3-5-7/h1-23H;1-19,32-33H;2-5H. The Morgan fingerprint density at radius 2 is 0.637 bits per heavy atom. The van der Waals surface area contributed by atoms with E-state index in [-0.39, 0.29) is 0 Å². The highest BCUT2D eigenvalue weighted by atomic mass is 79.9. The molecular weight excluding hydrogens is 1040 g/mol. The Morgan fingerprint density at radius 3 is 0.988 bits per heavy atom. The van der Waals surface area contributed by atoms with Crippen LogP contribution in [0.25, 0.3) is 125 Å². The first kappa shape index (κ1) is 50.9. The zero-order valence-corrected chi connectivity index (χ0v) is 44.9. The third kappa shape index (κ3) is 9.88. The van der Waals surface area contributed by atoms with E-state index in [9.17, 15) is 15.3 Å². The summed E-state index contributed by atoms with van der Waals surface area (Å²) >= 11 is 3.27. The largest absolute Gasteiger partial charge is 0.489 e. The molecule has 2 N–H and O–H groups in total. The number of nitriles is 1. The summed E-state index contributed by atoms with van der Waals surface area (Å²) in [5.41, 5.74) is 13.7. The summed E-state index contributed by atoms with van der Waals surface area (Å²) in [6.45, 7) is 6.62. The first-order valence-corrected chi connectivity index (χ1v) is 27.2. The number of halogens is 1. The molecule has 0 aromatic heterocycles. The normalized spacial score (nSPS) is 10.9. The van der Waals surface area contributed by atoms with Crippen LogP contribution in [0.1, 0.15) is 5.56 Å². The Hall–Kier alpha value is -9.92. The van der Waals surface area contributed by atoms with Crippen LogP contribution < -0.4 is 5.46 Å². The Balaban J connectivity index is 0.000000139. The SMILES string of the molecule is N#Cc1ccc(-c2c3ccccc3c(-c3ccc(-c4cccc5ccccc45)cc3)c3ccccc23)cc1.OB(O)c1c2ccccc2c(-c2ccc(-c3cccc4ccccc34)cc2)c2ccccc12.[C-]#[N+]c1ccc(Br)cc1. The fourth-order valence-corrected chi connectivity index (χ4v) is 11.6. The van der Waals surface area contributed by atoms with Crippen LogP contribution >= 0.6 is 15.9 Å². The van der Waals surface area contributed by atoms with Gasteiger partial charge in [-0.05, 0) is 138 Å². The van der Waals surface area contributed by atoms with Gasteiger partial charge in [0.1, 0.15) is 0 Å². The number of rotatable bonds is 6. The molecule has 0 heterocycles. The molecule has 376 valence electrons. The summed E-state index contributed by atoms with van der Waals surface area (Å²) in [6, 6.07) is 98.3. The predicted octanol–water partition coefficient (Wildman–Crippen LogP) is 19.2. The average molecular weight is 1090 g/mol. The van der Waals surface area contributed by atoms with Gasteiger partial charge < -0.3 is 10.0 Å². The molecule has 0 bridgehead atoms. The minimum Gasteiger partial charge on any atom is -0.423 e. The van der Waals surface area contributed by atoms with Gasteiger partial charge in [0.15, 0.2) is 5.69 Å². The molecule has 0 fully saturated rings. The minimum absolute atomic E-state index is 0.553. The molecule has 0 saturated carbocycles. The van der Waals surface area contributed by atoms with E-state index in [0.717, 1.165) is 42.7 Å². The lowest BCUT2D eigenvalue weighted by Crippen LogP contribution is -2.31. The van der Waals surface area contributed by atoms with Gasteiger partial charge in [0, 0.05) is 4.47 Å². The lowest BCUT2D eigenvalue weighted by Gasteiger charge is -2.18. The molecule has 14 aromatic rings. The molecule has 0 aliphatic carbocycles. The topological polar surface area (TPSA) is 68.6 Å². The quantitative estimate of drug-likeness (QED) is 0.0990. The van der Waals surface area contributed by atoms with Gasteiger partial charge in [-0.1, -0.05) is 283 Å². The molecule has 6 heteroatoms. The molecule has 4 nitrogen and oxygen atoms in total. The molecule has 0 aliphatic heterocycles. The molecule has 0 amide bonds. The Labute approximate surface area is 473 Å². The van der Waals surface area contributed by atoms with Gasteiger partial charge >= 0.3 is 7.12 Å². The first-order chi connectivity index (χ1) is 39.4. The van der Waals surface area contributed by atoms with Gasteiger partial charge in [-0.25, -0.2) is 4.85 Å². The zero-order valence-electron chi connectivity index (χ0n) is 43.3. The van der Waals surface area contributed by atoms with Crippen molar-refractivity contribution in [3.05, 3.63) is 301 Å². The molecular formula is C74H48BBrN2O2. The molecule has 0 aliphatic rings. The zero-order chi connectivity index (χ0) is 54.5. The third-order valence-corrected chi connectivity index (χ3v) is 15.5.